The summed E-state index contributed by atoms with van der Waals surface area (Å²) in [5.74, 6) is -2.08. The normalized spacial score (nSPS) is 12.2. The highest BCUT2D eigenvalue weighted by Gasteiger charge is 2.23. The van der Waals surface area contributed by atoms with Crippen molar-refractivity contribution in [3.63, 3.8) is 0 Å². The van der Waals surface area contributed by atoms with E-state index >= 15 is 0 Å². The Labute approximate surface area is 137 Å². The lowest BCUT2D eigenvalue weighted by Gasteiger charge is -2.17. The fourth-order valence-electron chi connectivity index (χ4n) is 2.05. The Morgan fingerprint density at radius 1 is 1.35 bits per heavy atom. The number of benzene rings is 1. The lowest BCUT2D eigenvalue weighted by molar-refractivity contribution is -0.143. The van der Waals surface area contributed by atoms with E-state index < -0.39 is 17.9 Å². The molecule has 0 unspecified atom stereocenters. The number of thiazole rings is 1. The monoisotopic (exact) mass is 336 g/mol. The summed E-state index contributed by atoms with van der Waals surface area (Å²) in [6.07, 6.45) is -0.0402. The van der Waals surface area contributed by atoms with Crippen LogP contribution in [0.1, 0.15) is 19.5 Å². The third-order valence-corrected chi connectivity index (χ3v) is 4.17. The van der Waals surface area contributed by atoms with Gasteiger partial charge in [-0.25, -0.2) is 14.2 Å². The summed E-state index contributed by atoms with van der Waals surface area (Å²) in [5, 5.41) is 13.7. The number of nitrogens with one attached hydrogen (secondary N) is 1. The van der Waals surface area contributed by atoms with Crippen LogP contribution in [0.2, 0.25) is 0 Å². The summed E-state index contributed by atoms with van der Waals surface area (Å²) in [5.41, 5.74) is 0.869. The maximum atomic E-state index is 13.7. The van der Waals surface area contributed by atoms with Gasteiger partial charge >= 0.3 is 5.97 Å². The highest BCUT2D eigenvalue weighted by molar-refractivity contribution is 7.13. The number of carbonyl (C=O) groups excluding carboxylic acids is 1. The van der Waals surface area contributed by atoms with Crippen LogP contribution in [-0.2, 0) is 16.0 Å². The number of rotatable bonds is 6. The number of aliphatic carboxylic acids is 1. The van der Waals surface area contributed by atoms with E-state index in [0.717, 1.165) is 0 Å². The average Bonchev–Trinajstić information content (AvgIpc) is 2.92. The first kappa shape index (κ1) is 17.1. The number of amides is 1. The molecule has 1 atom stereocenters. The number of aromatic nitrogens is 1. The first-order chi connectivity index (χ1) is 10.9. The van der Waals surface area contributed by atoms with E-state index in [9.17, 15) is 14.0 Å². The van der Waals surface area contributed by atoms with Gasteiger partial charge in [0.05, 0.1) is 12.1 Å². The van der Waals surface area contributed by atoms with Crippen LogP contribution in [-0.4, -0.2) is 28.0 Å². The first-order valence-electron chi connectivity index (χ1n) is 7.10. The summed E-state index contributed by atoms with van der Waals surface area (Å²) in [6.45, 7) is 3.44. The number of carbonyl (C=O) groups is 2. The fraction of sp³-hybridized carbons (Fsp3) is 0.312. The fourth-order valence-corrected chi connectivity index (χ4v) is 2.90. The first-order valence-corrected chi connectivity index (χ1v) is 7.98. The summed E-state index contributed by atoms with van der Waals surface area (Å²) < 4.78 is 13.7. The molecule has 1 amide bonds. The van der Waals surface area contributed by atoms with E-state index in [4.69, 9.17) is 5.11 Å². The molecule has 0 bridgehead atoms. The molecule has 0 saturated carbocycles. The molecule has 0 radical (unpaired) electrons. The average molecular weight is 336 g/mol. The third kappa shape index (κ3) is 4.35. The van der Waals surface area contributed by atoms with Gasteiger partial charge in [0.1, 0.15) is 16.9 Å². The molecule has 2 aromatic rings. The highest BCUT2D eigenvalue weighted by atomic mass is 32.1. The minimum absolute atomic E-state index is 0.0402. The third-order valence-electron chi connectivity index (χ3n) is 3.25. The molecular weight excluding hydrogens is 319 g/mol. The Bertz CT molecular complexity index is 715. The van der Waals surface area contributed by atoms with Gasteiger partial charge in [0, 0.05) is 10.9 Å². The van der Waals surface area contributed by atoms with Gasteiger partial charge in [-0.2, -0.15) is 0 Å². The number of halogens is 1. The molecule has 0 aliphatic carbocycles. The molecule has 1 aromatic carbocycles. The zero-order chi connectivity index (χ0) is 17.0. The molecule has 2 rings (SSSR count). The van der Waals surface area contributed by atoms with Gasteiger partial charge in [-0.05, 0) is 18.1 Å². The van der Waals surface area contributed by atoms with Crippen LogP contribution in [0.25, 0.3) is 10.6 Å². The summed E-state index contributed by atoms with van der Waals surface area (Å²) >= 11 is 1.24. The summed E-state index contributed by atoms with van der Waals surface area (Å²) in [7, 11) is 0. The number of hydrogen-bond donors (Lipinski definition) is 2. The van der Waals surface area contributed by atoms with Gasteiger partial charge in [0.2, 0.25) is 5.91 Å². The molecule has 0 saturated heterocycles. The van der Waals surface area contributed by atoms with Gasteiger partial charge < -0.3 is 10.4 Å². The maximum absolute atomic E-state index is 13.7. The molecule has 122 valence electrons. The molecule has 0 aliphatic heterocycles. The summed E-state index contributed by atoms with van der Waals surface area (Å²) in [4.78, 5) is 27.3. The van der Waals surface area contributed by atoms with Gasteiger partial charge in [0.15, 0.2) is 0 Å². The second-order valence-corrected chi connectivity index (χ2v) is 6.29. The van der Waals surface area contributed by atoms with Crippen LogP contribution >= 0.6 is 11.3 Å². The van der Waals surface area contributed by atoms with Crippen molar-refractivity contribution < 1.29 is 19.1 Å². The number of carboxylic acid groups (broad SMARTS) is 1. The Morgan fingerprint density at radius 3 is 2.65 bits per heavy atom. The van der Waals surface area contributed by atoms with Crippen molar-refractivity contribution in [2.75, 3.05) is 0 Å². The van der Waals surface area contributed by atoms with E-state index in [2.05, 4.69) is 10.3 Å². The molecule has 7 heteroatoms. The van der Waals surface area contributed by atoms with Crippen molar-refractivity contribution in [3.8, 4) is 10.6 Å². The van der Waals surface area contributed by atoms with Crippen molar-refractivity contribution in [1.82, 2.24) is 10.3 Å². The zero-order valence-corrected chi connectivity index (χ0v) is 13.6. The molecule has 1 heterocycles. The minimum atomic E-state index is -1.07. The van der Waals surface area contributed by atoms with E-state index in [1.165, 1.54) is 17.4 Å². The highest BCUT2D eigenvalue weighted by Crippen LogP contribution is 2.26. The number of nitrogens with zero attached hydrogens (tertiary/aromatic N) is 1. The van der Waals surface area contributed by atoms with E-state index in [1.807, 2.05) is 0 Å². The van der Waals surface area contributed by atoms with Crippen molar-refractivity contribution in [1.29, 1.82) is 0 Å². The zero-order valence-electron chi connectivity index (χ0n) is 12.7. The Hall–Kier alpha value is -2.28. The van der Waals surface area contributed by atoms with Crippen LogP contribution in [0.15, 0.2) is 29.6 Å². The molecule has 5 nitrogen and oxygen atoms in total. The second kappa shape index (κ2) is 7.32. The van der Waals surface area contributed by atoms with Crippen molar-refractivity contribution in [2.45, 2.75) is 26.3 Å². The molecule has 0 aliphatic rings. The Kier molecular flexibility index (Phi) is 5.44. The Balaban J connectivity index is 2.06. The van der Waals surface area contributed by atoms with Crippen LogP contribution in [0.5, 0.6) is 0 Å². The predicted octanol–water partition coefficient (Wildman–Crippen LogP) is 2.72. The quantitative estimate of drug-likeness (QED) is 0.850. The topological polar surface area (TPSA) is 79.3 Å². The smallest absolute Gasteiger partial charge is 0.326 e. The van der Waals surface area contributed by atoms with Crippen LogP contribution < -0.4 is 5.32 Å². The lowest BCUT2D eigenvalue weighted by atomic mass is 10.0. The number of hydrogen-bond acceptors (Lipinski definition) is 4. The van der Waals surface area contributed by atoms with Crippen LogP contribution in [0.4, 0.5) is 4.39 Å². The Morgan fingerprint density at radius 2 is 2.04 bits per heavy atom. The molecule has 0 fully saturated rings. The number of carboxylic acids is 1. The van der Waals surface area contributed by atoms with Gasteiger partial charge in [-0.1, -0.05) is 26.0 Å². The molecule has 23 heavy (non-hydrogen) atoms. The standard InChI is InChI=1S/C16H17FN2O3S/c1-9(2)14(16(21)22)19-13(20)7-10-8-23-15(18-10)11-5-3-4-6-12(11)17/h3-6,8-9,14H,7H2,1-2H3,(H,19,20)(H,21,22)/t14-/m1/s1. The summed E-state index contributed by atoms with van der Waals surface area (Å²) in [6, 6.07) is 5.35. The molecule has 0 spiro atoms. The second-order valence-electron chi connectivity index (χ2n) is 5.43. The van der Waals surface area contributed by atoms with Crippen molar-refractivity contribution in [3.05, 3.63) is 41.2 Å². The molecule has 2 N–H and O–H groups in total. The minimum Gasteiger partial charge on any atom is -0.480 e. The van der Waals surface area contributed by atoms with Gasteiger partial charge in [-0.15, -0.1) is 11.3 Å². The van der Waals surface area contributed by atoms with Crippen LogP contribution in [0, 0.1) is 11.7 Å². The molecular formula is C16H17FN2O3S. The van der Waals surface area contributed by atoms with Gasteiger partial charge in [-0.3, -0.25) is 4.79 Å². The van der Waals surface area contributed by atoms with E-state index in [0.29, 0.717) is 16.3 Å². The predicted molar refractivity (Wildman–Crippen MR) is 85.6 cm³/mol. The van der Waals surface area contributed by atoms with Gasteiger partial charge in [0.25, 0.3) is 0 Å². The lowest BCUT2D eigenvalue weighted by Crippen LogP contribution is -2.44. The molecule has 1 aromatic heterocycles. The van der Waals surface area contributed by atoms with E-state index in [-0.39, 0.29) is 18.2 Å². The van der Waals surface area contributed by atoms with Crippen LogP contribution in [0.3, 0.4) is 0 Å². The van der Waals surface area contributed by atoms with E-state index in [1.54, 1.807) is 37.4 Å². The maximum Gasteiger partial charge on any atom is 0.326 e. The SMILES string of the molecule is CC(C)[C@@H](NC(=O)Cc1csc(-c2ccccc2F)n1)C(=O)O. The van der Waals surface area contributed by atoms with Crippen molar-refractivity contribution in [2.24, 2.45) is 5.92 Å². The largest absolute Gasteiger partial charge is 0.480 e. The van der Waals surface area contributed by atoms with Crippen molar-refractivity contribution >= 4 is 23.2 Å².